The zero-order chi connectivity index (χ0) is 21.7. The van der Waals surface area contributed by atoms with Crippen LogP contribution >= 0.6 is 99.9 Å². The first-order valence-electron chi connectivity index (χ1n) is 11.3. The normalized spacial score (nSPS) is 23.2. The molecular formula is C24H46I5TiV2. The van der Waals surface area contributed by atoms with Crippen molar-refractivity contribution in [2.45, 2.75) is 110 Å². The molecule has 0 aliphatic heterocycles. The van der Waals surface area contributed by atoms with Gasteiger partial charge in [-0.05, 0) is 30.6 Å². The summed E-state index contributed by atoms with van der Waals surface area (Å²) in [6, 6.07) is 0. The van der Waals surface area contributed by atoms with E-state index in [0.29, 0.717) is 9.47 Å². The van der Waals surface area contributed by atoms with Gasteiger partial charge in [0.2, 0.25) is 0 Å². The molecule has 191 valence electrons. The van der Waals surface area contributed by atoms with E-state index in [9.17, 15) is 0 Å². The van der Waals surface area contributed by atoms with Crippen molar-refractivity contribution in [2.24, 2.45) is 17.8 Å². The Morgan fingerprint density at radius 3 is 1.34 bits per heavy atom. The summed E-state index contributed by atoms with van der Waals surface area (Å²) in [6.07, 6.45) is 28.3. The average molecular weight is 1120 g/mol. The second kappa shape index (κ2) is 34.6. The summed E-state index contributed by atoms with van der Waals surface area (Å²) >= 11 is 12.1. The van der Waals surface area contributed by atoms with E-state index in [0.717, 1.165) is 17.8 Å². The molecule has 0 N–H and O–H groups in total. The fraction of sp³-hybridized carbons (Fsp3) is 0.833. The van der Waals surface area contributed by atoms with E-state index in [1.54, 1.807) is 19.3 Å². The summed E-state index contributed by atoms with van der Waals surface area (Å²) in [5.74, 6) is 3.28. The van der Waals surface area contributed by atoms with E-state index in [1.807, 2.05) is 0 Å². The van der Waals surface area contributed by atoms with Gasteiger partial charge in [0.1, 0.15) is 0 Å². The van der Waals surface area contributed by atoms with Gasteiger partial charge in [0.15, 0.2) is 0 Å². The zero-order valence-corrected chi connectivity index (χ0v) is 35.6. The van der Waals surface area contributed by atoms with Crippen LogP contribution < -0.4 is 0 Å². The topological polar surface area (TPSA) is 0 Å². The zero-order valence-electron chi connectivity index (χ0n) is 20.5. The van der Waals surface area contributed by atoms with E-state index in [1.165, 1.54) is 83.5 Å². The van der Waals surface area contributed by atoms with E-state index in [2.05, 4.69) is 120 Å². The first-order chi connectivity index (χ1) is 14.0. The van der Waals surface area contributed by atoms with Crippen LogP contribution in [0.15, 0.2) is 0 Å². The van der Waals surface area contributed by atoms with Gasteiger partial charge in [0.25, 0.3) is 0 Å². The van der Waals surface area contributed by atoms with E-state index < -0.39 is 0 Å². The fourth-order valence-electron chi connectivity index (χ4n) is 4.70. The van der Waals surface area contributed by atoms with Gasteiger partial charge in [0.05, 0.1) is 0 Å². The minimum absolute atomic E-state index is 0. The van der Waals surface area contributed by atoms with Crippen LogP contribution in [0.25, 0.3) is 0 Å². The smallest absolute Gasteiger partial charge is 4.00 e. The Morgan fingerprint density at radius 2 is 1.09 bits per heavy atom. The quantitative estimate of drug-likeness (QED) is 0.147. The van der Waals surface area contributed by atoms with Crippen LogP contribution in [0.1, 0.15) is 110 Å². The van der Waals surface area contributed by atoms with Gasteiger partial charge in [-0.3, -0.25) is 0 Å². The molecule has 0 saturated heterocycles. The van der Waals surface area contributed by atoms with Crippen molar-refractivity contribution in [3.63, 3.8) is 0 Å². The van der Waals surface area contributed by atoms with Crippen LogP contribution in [0.4, 0.5) is 0 Å². The number of halogens is 5. The van der Waals surface area contributed by atoms with Crippen molar-refractivity contribution in [3.05, 3.63) is 27.7 Å². The Hall–Kier alpha value is 5.53. The van der Waals surface area contributed by atoms with Crippen LogP contribution in [0, 0.1) is 45.4 Å². The molecule has 32 heavy (non-hydrogen) atoms. The van der Waals surface area contributed by atoms with Crippen LogP contribution in [-0.4, -0.2) is 0 Å². The number of hydrogen-bond donors (Lipinski definition) is 0. The van der Waals surface area contributed by atoms with Gasteiger partial charge < -0.3 is 27.7 Å². The monoisotopic (exact) mass is 1120 g/mol. The molecule has 0 nitrogen and oxygen atoms in total. The SMILES string of the molecule is CC1CCC(CC2CCCC2)C1.[CH-]1CCCC1.[CH-]1CCCC1.[CH3-].[CH3-].[I][V]([I])[I].[I][V][I].[Ti+4]. The molecule has 4 fully saturated rings. The molecule has 0 spiro atoms. The summed E-state index contributed by atoms with van der Waals surface area (Å²) in [5.41, 5.74) is 0. The summed E-state index contributed by atoms with van der Waals surface area (Å²) in [7, 11) is 0.628. The molecule has 0 radical (unpaired) electrons. The van der Waals surface area contributed by atoms with Gasteiger partial charge >= 0.3 is 136 Å². The summed E-state index contributed by atoms with van der Waals surface area (Å²) in [5, 5.41) is 0. The Balaban J connectivity index is -0.000000168. The number of rotatable bonds is 2. The Labute approximate surface area is 285 Å². The average Bonchev–Trinajstić information content (AvgIpc) is 3.48. The molecule has 0 aromatic rings. The molecule has 0 aromatic heterocycles. The molecule has 0 aromatic carbocycles. The predicted octanol–water partition coefficient (Wildman–Crippen LogP) is 12.9. The predicted molar refractivity (Wildman–Crippen MR) is 182 cm³/mol. The second-order valence-electron chi connectivity index (χ2n) is 8.57. The first kappa shape index (κ1) is 44.5. The summed E-state index contributed by atoms with van der Waals surface area (Å²) in [6.45, 7) is 2.43. The van der Waals surface area contributed by atoms with Crippen molar-refractivity contribution in [2.75, 3.05) is 0 Å². The van der Waals surface area contributed by atoms with E-state index >= 15 is 0 Å². The Bertz CT molecular complexity index is 300. The molecule has 8 heteroatoms. The summed E-state index contributed by atoms with van der Waals surface area (Å²) < 4.78 is 0. The maximum absolute atomic E-state index is 2.46. The van der Waals surface area contributed by atoms with Crippen LogP contribution in [0.3, 0.4) is 0 Å². The van der Waals surface area contributed by atoms with Crippen molar-refractivity contribution >= 4 is 99.9 Å². The molecule has 0 amide bonds. The third-order valence-electron chi connectivity index (χ3n) is 6.08. The minimum atomic E-state index is -0.278. The van der Waals surface area contributed by atoms with Crippen LogP contribution in [0.5, 0.6) is 0 Å². The van der Waals surface area contributed by atoms with Crippen LogP contribution in [0.2, 0.25) is 0 Å². The van der Waals surface area contributed by atoms with Crippen molar-refractivity contribution in [3.8, 4) is 0 Å². The Kier molecular flexibility index (Phi) is 48.1. The molecule has 0 bridgehead atoms. The third-order valence-corrected chi connectivity index (χ3v) is 6.08. The van der Waals surface area contributed by atoms with E-state index in [-0.39, 0.29) is 41.5 Å². The maximum atomic E-state index is 2.46. The molecular weight excluding hydrogens is 1070 g/mol. The largest absolute Gasteiger partial charge is 4.00 e. The van der Waals surface area contributed by atoms with Gasteiger partial charge in [0, 0.05) is 0 Å². The van der Waals surface area contributed by atoms with Crippen LogP contribution in [-0.2, 0) is 36.1 Å². The van der Waals surface area contributed by atoms with Gasteiger partial charge in [-0.1, -0.05) is 71.1 Å². The molecule has 2 atom stereocenters. The number of hydrogen-bond acceptors (Lipinski definition) is 0. The van der Waals surface area contributed by atoms with Gasteiger partial charge in [-0.15, -0.1) is 0 Å². The maximum Gasteiger partial charge on any atom is 4.00 e. The molecule has 2 unspecified atom stereocenters. The fourth-order valence-corrected chi connectivity index (χ4v) is 4.70. The standard InChI is InChI=1S/C12H22.2C5H9.2CH3.5HI.Ti.2V/c1-10-6-7-12(8-10)9-11-4-2-3-5-11;2*1-2-4-5-3-1;;;;;;;;;;/h10-12H,2-9H2,1H3;2*1H,2-5H2;2*1H3;5*1H;;;/q;4*-1;;;;;;+4;+2;+3/p-5. The molecule has 4 rings (SSSR count). The first-order valence-corrected chi connectivity index (χ1v) is 33.9. The van der Waals surface area contributed by atoms with Crippen molar-refractivity contribution < 1.29 is 36.1 Å². The summed E-state index contributed by atoms with van der Waals surface area (Å²) in [4.78, 5) is -0.278. The van der Waals surface area contributed by atoms with Gasteiger partial charge in [-0.25, -0.2) is 0 Å². The van der Waals surface area contributed by atoms with Crippen molar-refractivity contribution in [1.82, 2.24) is 0 Å². The second-order valence-corrected chi connectivity index (χ2v) is 55.7. The van der Waals surface area contributed by atoms with Crippen molar-refractivity contribution in [1.29, 1.82) is 0 Å². The van der Waals surface area contributed by atoms with E-state index in [4.69, 9.17) is 0 Å². The molecule has 0 heterocycles. The minimum Gasteiger partial charge on any atom is 4.00 e. The molecule has 4 aliphatic carbocycles. The van der Waals surface area contributed by atoms with Gasteiger partial charge in [-0.2, -0.15) is 25.7 Å². The molecule has 4 aliphatic rings. The Morgan fingerprint density at radius 1 is 0.719 bits per heavy atom. The third kappa shape index (κ3) is 33.6. The molecule has 4 saturated carbocycles.